The number of rotatable bonds is 1. The lowest BCUT2D eigenvalue weighted by Gasteiger charge is -2.38. The van der Waals surface area contributed by atoms with Crippen molar-refractivity contribution in [2.24, 2.45) is 5.41 Å². The molecule has 0 aliphatic carbocycles. The second-order valence-corrected chi connectivity index (χ2v) is 4.74. The number of nitrogens with zero attached hydrogens (tertiary/aromatic N) is 1. The number of para-hydroxylation sites is 1. The van der Waals surface area contributed by atoms with Gasteiger partial charge in [-0.3, -0.25) is 4.90 Å². The van der Waals surface area contributed by atoms with Crippen LogP contribution in [0.4, 0.5) is 10.5 Å². The number of carbonyl (C=O) groups is 1. The van der Waals surface area contributed by atoms with Crippen molar-refractivity contribution in [1.82, 2.24) is 5.32 Å². The van der Waals surface area contributed by atoms with E-state index in [2.05, 4.69) is 19.2 Å². The first-order chi connectivity index (χ1) is 8.08. The lowest BCUT2D eigenvalue weighted by molar-refractivity contribution is 0.224. The van der Waals surface area contributed by atoms with Crippen LogP contribution >= 0.6 is 0 Å². The van der Waals surface area contributed by atoms with Crippen LogP contribution in [0.15, 0.2) is 30.3 Å². The predicted octanol–water partition coefficient (Wildman–Crippen LogP) is 3.27. The normalized spacial score (nSPS) is 17.9. The molecule has 3 nitrogen and oxygen atoms in total. The minimum atomic E-state index is 0.000486. The van der Waals surface area contributed by atoms with Crippen LogP contribution in [-0.4, -0.2) is 19.1 Å². The first-order valence-electron chi connectivity index (χ1n) is 6.19. The van der Waals surface area contributed by atoms with Crippen LogP contribution < -0.4 is 10.2 Å². The minimum absolute atomic E-state index is 0.000486. The van der Waals surface area contributed by atoms with Crippen LogP contribution in [0, 0.1) is 5.41 Å². The highest BCUT2D eigenvalue weighted by Gasteiger charge is 2.31. The van der Waals surface area contributed by atoms with Crippen LogP contribution in [0.25, 0.3) is 0 Å². The fourth-order valence-corrected chi connectivity index (χ4v) is 1.78. The molecule has 1 heterocycles. The van der Waals surface area contributed by atoms with E-state index in [1.165, 1.54) is 0 Å². The molecule has 0 spiro atoms. The van der Waals surface area contributed by atoms with Gasteiger partial charge >= 0.3 is 6.03 Å². The van der Waals surface area contributed by atoms with Crippen molar-refractivity contribution in [1.29, 1.82) is 0 Å². The minimum Gasteiger partial charge on any atom is -0.337 e. The van der Waals surface area contributed by atoms with Crippen molar-refractivity contribution in [2.75, 3.05) is 18.0 Å². The maximum Gasteiger partial charge on any atom is 0.321 e. The van der Waals surface area contributed by atoms with Crippen molar-refractivity contribution in [3.8, 4) is 0 Å². The molecule has 1 aromatic rings. The number of anilines is 1. The molecule has 1 aliphatic rings. The van der Waals surface area contributed by atoms with E-state index in [-0.39, 0.29) is 11.4 Å². The van der Waals surface area contributed by atoms with Crippen LogP contribution in [0.1, 0.15) is 27.7 Å². The third kappa shape index (κ3) is 3.48. The Bertz CT molecular complexity index is 360. The number of hydrogen-bond acceptors (Lipinski definition) is 1. The number of hydrogen-bond donors (Lipinski definition) is 1. The largest absolute Gasteiger partial charge is 0.337 e. The molecule has 2 rings (SSSR count). The smallest absolute Gasteiger partial charge is 0.321 e. The van der Waals surface area contributed by atoms with Gasteiger partial charge in [-0.25, -0.2) is 4.79 Å². The predicted molar refractivity (Wildman–Crippen MR) is 72.3 cm³/mol. The molecule has 0 atom stereocenters. The summed E-state index contributed by atoms with van der Waals surface area (Å²) >= 11 is 0. The second-order valence-electron chi connectivity index (χ2n) is 4.74. The molecule has 2 amide bonds. The van der Waals surface area contributed by atoms with E-state index >= 15 is 0 Å². The Morgan fingerprint density at radius 3 is 2.35 bits per heavy atom. The maximum atomic E-state index is 11.7. The zero-order valence-electron chi connectivity index (χ0n) is 11.2. The van der Waals surface area contributed by atoms with E-state index in [1.807, 2.05) is 44.2 Å². The van der Waals surface area contributed by atoms with Crippen LogP contribution in [0.5, 0.6) is 0 Å². The Hall–Kier alpha value is -1.51. The lowest BCUT2D eigenvalue weighted by Crippen LogP contribution is -2.55. The molecule has 17 heavy (non-hydrogen) atoms. The van der Waals surface area contributed by atoms with E-state index in [9.17, 15) is 4.79 Å². The van der Waals surface area contributed by atoms with E-state index in [0.717, 1.165) is 18.8 Å². The Kier molecular flexibility index (Phi) is 4.55. The van der Waals surface area contributed by atoms with E-state index in [4.69, 9.17) is 0 Å². The van der Waals surface area contributed by atoms with Gasteiger partial charge in [0.2, 0.25) is 0 Å². The topological polar surface area (TPSA) is 32.3 Å². The highest BCUT2D eigenvalue weighted by Crippen LogP contribution is 2.24. The molecule has 0 bridgehead atoms. The quantitative estimate of drug-likeness (QED) is 0.794. The van der Waals surface area contributed by atoms with Crippen LogP contribution in [0.2, 0.25) is 0 Å². The van der Waals surface area contributed by atoms with Gasteiger partial charge in [-0.15, -0.1) is 0 Å². The van der Waals surface area contributed by atoms with Gasteiger partial charge < -0.3 is 5.32 Å². The molecule has 0 saturated carbocycles. The molecular weight excluding hydrogens is 212 g/mol. The summed E-state index contributed by atoms with van der Waals surface area (Å²) in [6, 6.07) is 9.77. The molecule has 0 radical (unpaired) electrons. The Balaban J connectivity index is 0.000000686. The van der Waals surface area contributed by atoms with Gasteiger partial charge in [0, 0.05) is 24.2 Å². The fourth-order valence-electron chi connectivity index (χ4n) is 1.78. The van der Waals surface area contributed by atoms with Crippen molar-refractivity contribution < 1.29 is 4.79 Å². The number of nitrogens with one attached hydrogen (secondary N) is 1. The lowest BCUT2D eigenvalue weighted by atomic mass is 9.91. The molecule has 0 unspecified atom stereocenters. The summed E-state index contributed by atoms with van der Waals surface area (Å²) < 4.78 is 0. The SMILES string of the molecule is CC.CC1(C)CNC(=O)N(c2ccccc2)C1. The average Bonchev–Trinajstić information content (AvgIpc) is 2.36. The summed E-state index contributed by atoms with van der Waals surface area (Å²) in [6.07, 6.45) is 0. The summed E-state index contributed by atoms with van der Waals surface area (Å²) in [5, 5.41) is 2.91. The van der Waals surface area contributed by atoms with Crippen molar-refractivity contribution in [3.05, 3.63) is 30.3 Å². The molecule has 3 heteroatoms. The second kappa shape index (κ2) is 5.71. The van der Waals surface area contributed by atoms with Gasteiger partial charge in [0.25, 0.3) is 0 Å². The zero-order valence-corrected chi connectivity index (χ0v) is 11.2. The number of urea groups is 1. The first-order valence-corrected chi connectivity index (χ1v) is 6.19. The van der Waals surface area contributed by atoms with E-state index in [1.54, 1.807) is 4.90 Å². The number of carbonyl (C=O) groups excluding carboxylic acids is 1. The third-order valence-corrected chi connectivity index (χ3v) is 2.62. The van der Waals surface area contributed by atoms with E-state index in [0.29, 0.717) is 0 Å². The Morgan fingerprint density at radius 1 is 1.18 bits per heavy atom. The highest BCUT2D eigenvalue weighted by molar-refractivity contribution is 5.92. The van der Waals surface area contributed by atoms with Crippen LogP contribution in [-0.2, 0) is 0 Å². The van der Waals surface area contributed by atoms with Gasteiger partial charge in [-0.1, -0.05) is 45.9 Å². The van der Waals surface area contributed by atoms with Gasteiger partial charge in [-0.05, 0) is 12.1 Å². The van der Waals surface area contributed by atoms with Gasteiger partial charge in [-0.2, -0.15) is 0 Å². The molecule has 1 saturated heterocycles. The average molecular weight is 234 g/mol. The summed E-state index contributed by atoms with van der Waals surface area (Å²) in [7, 11) is 0. The third-order valence-electron chi connectivity index (χ3n) is 2.62. The molecule has 1 aromatic carbocycles. The Labute approximate surface area is 104 Å². The van der Waals surface area contributed by atoms with Gasteiger partial charge in [0.05, 0.1) is 0 Å². The van der Waals surface area contributed by atoms with Gasteiger partial charge in [0.15, 0.2) is 0 Å². The van der Waals surface area contributed by atoms with E-state index < -0.39 is 0 Å². The maximum absolute atomic E-state index is 11.7. The molecular formula is C14H22N2O. The monoisotopic (exact) mass is 234 g/mol. The van der Waals surface area contributed by atoms with Crippen molar-refractivity contribution in [2.45, 2.75) is 27.7 Å². The highest BCUT2D eigenvalue weighted by atomic mass is 16.2. The van der Waals surface area contributed by atoms with Crippen molar-refractivity contribution in [3.63, 3.8) is 0 Å². The summed E-state index contributed by atoms with van der Waals surface area (Å²) in [5.41, 5.74) is 1.09. The molecule has 1 aliphatic heterocycles. The number of benzene rings is 1. The standard InChI is InChI=1S/C12H16N2O.C2H6/c1-12(2)8-13-11(15)14(9-12)10-6-4-3-5-7-10;1-2/h3-7H,8-9H2,1-2H3,(H,13,15);1-2H3. The fraction of sp³-hybridized carbons (Fsp3) is 0.500. The van der Waals surface area contributed by atoms with Gasteiger partial charge in [0.1, 0.15) is 0 Å². The summed E-state index contributed by atoms with van der Waals surface area (Å²) in [6.45, 7) is 9.82. The molecule has 0 aromatic heterocycles. The summed E-state index contributed by atoms with van der Waals surface area (Å²) in [4.78, 5) is 13.5. The summed E-state index contributed by atoms with van der Waals surface area (Å²) in [5.74, 6) is 0. The number of amides is 2. The molecule has 94 valence electrons. The van der Waals surface area contributed by atoms with Crippen LogP contribution in [0.3, 0.4) is 0 Å². The zero-order chi connectivity index (χ0) is 12.9. The molecule has 1 fully saturated rings. The first kappa shape index (κ1) is 13.6. The Morgan fingerprint density at radius 2 is 1.76 bits per heavy atom. The van der Waals surface area contributed by atoms with Crippen molar-refractivity contribution >= 4 is 11.7 Å². The molecule has 1 N–H and O–H groups in total.